The van der Waals surface area contributed by atoms with Crippen molar-refractivity contribution in [1.82, 2.24) is 14.6 Å². The number of aromatic nitrogens is 3. The van der Waals surface area contributed by atoms with Crippen molar-refractivity contribution in [1.29, 1.82) is 0 Å². The van der Waals surface area contributed by atoms with E-state index in [1.165, 1.54) is 0 Å². The number of nitrogens with zero attached hydrogens (tertiary/aromatic N) is 3. The summed E-state index contributed by atoms with van der Waals surface area (Å²) in [6, 6.07) is 21.5. The maximum Gasteiger partial charge on any atom is 0.232 e. The fraction of sp³-hybridized carbons (Fsp3) is 0. The fourth-order valence-electron chi connectivity index (χ4n) is 2.96. The van der Waals surface area contributed by atoms with Gasteiger partial charge in [0.1, 0.15) is 0 Å². The second-order valence-corrected chi connectivity index (χ2v) is 6.57. The number of fused-ring (bicyclic) bond motifs is 5. The molecule has 0 radical (unpaired) electrons. The van der Waals surface area contributed by atoms with Crippen molar-refractivity contribution in [2.24, 2.45) is 0 Å². The molecule has 0 aliphatic rings. The van der Waals surface area contributed by atoms with Crippen molar-refractivity contribution in [2.45, 2.75) is 0 Å². The molecular formula is C19H11N3OS. The number of benzene rings is 3. The minimum Gasteiger partial charge on any atom is -0.285 e. The zero-order valence-electron chi connectivity index (χ0n) is 12.5. The molecule has 2 aromatic heterocycles. The molecule has 5 aromatic rings. The Morgan fingerprint density at radius 3 is 2.58 bits per heavy atom. The van der Waals surface area contributed by atoms with Crippen LogP contribution in [0, 0.1) is 0 Å². The van der Waals surface area contributed by atoms with Crippen molar-refractivity contribution in [3.8, 4) is 0 Å². The first-order valence-corrected chi connectivity index (χ1v) is 8.40. The molecule has 0 atom stereocenters. The molecule has 0 spiro atoms. The van der Waals surface area contributed by atoms with Crippen molar-refractivity contribution in [2.75, 3.05) is 0 Å². The predicted molar refractivity (Wildman–Crippen MR) is 95.8 cm³/mol. The van der Waals surface area contributed by atoms with Gasteiger partial charge < -0.3 is 0 Å². The van der Waals surface area contributed by atoms with Gasteiger partial charge in [0.05, 0.1) is 10.2 Å². The molecule has 0 unspecified atom stereocenters. The van der Waals surface area contributed by atoms with Gasteiger partial charge in [-0.15, -0.1) is 5.10 Å². The third kappa shape index (κ3) is 1.88. The van der Waals surface area contributed by atoms with Crippen LogP contribution >= 0.6 is 11.3 Å². The molecule has 0 aliphatic heterocycles. The summed E-state index contributed by atoms with van der Waals surface area (Å²) in [6.07, 6.45) is 0. The molecule has 0 amide bonds. The summed E-state index contributed by atoms with van der Waals surface area (Å²) in [5, 5.41) is 6.76. The normalized spacial score (nSPS) is 11.5. The van der Waals surface area contributed by atoms with Crippen LogP contribution in [0.3, 0.4) is 0 Å². The third-order valence-electron chi connectivity index (χ3n) is 4.09. The van der Waals surface area contributed by atoms with E-state index < -0.39 is 0 Å². The molecule has 0 fully saturated rings. The van der Waals surface area contributed by atoms with Gasteiger partial charge >= 0.3 is 0 Å². The Labute approximate surface area is 141 Å². The largest absolute Gasteiger partial charge is 0.285 e. The average Bonchev–Trinajstić information content (AvgIpc) is 3.19. The van der Waals surface area contributed by atoms with E-state index in [1.54, 1.807) is 28.0 Å². The maximum atomic E-state index is 12.6. The molecule has 114 valence electrons. The van der Waals surface area contributed by atoms with Gasteiger partial charge in [-0.1, -0.05) is 72.0 Å². The maximum absolute atomic E-state index is 12.6. The van der Waals surface area contributed by atoms with E-state index in [9.17, 15) is 4.79 Å². The van der Waals surface area contributed by atoms with Crippen molar-refractivity contribution in [3.63, 3.8) is 0 Å². The third-order valence-corrected chi connectivity index (χ3v) is 5.09. The average molecular weight is 329 g/mol. The Kier molecular flexibility index (Phi) is 2.78. The number of ketones is 1. The Hall–Kier alpha value is -3.05. The van der Waals surface area contributed by atoms with Gasteiger partial charge in [-0.3, -0.25) is 4.79 Å². The molecule has 24 heavy (non-hydrogen) atoms. The highest BCUT2D eigenvalue weighted by atomic mass is 32.1. The van der Waals surface area contributed by atoms with Crippen LogP contribution in [-0.2, 0) is 0 Å². The van der Waals surface area contributed by atoms with E-state index in [4.69, 9.17) is 0 Å². The SMILES string of the molecule is O=C(c1ccccc1)c1nc2sc3ccc4ccccc4c3n2n1. The van der Waals surface area contributed by atoms with E-state index in [0.717, 1.165) is 25.9 Å². The lowest BCUT2D eigenvalue weighted by Crippen LogP contribution is -2.04. The number of rotatable bonds is 2. The standard InChI is InChI=1S/C19H11N3OS/c23-17(13-7-2-1-3-8-13)18-20-19-22(21-18)16-14-9-5-4-6-12(14)10-11-15(16)24-19/h1-11H. The highest BCUT2D eigenvalue weighted by molar-refractivity contribution is 7.23. The lowest BCUT2D eigenvalue weighted by molar-refractivity contribution is 0.102. The molecule has 0 N–H and O–H groups in total. The second kappa shape index (κ2) is 4.97. The highest BCUT2D eigenvalue weighted by Crippen LogP contribution is 2.31. The number of carbonyl (C=O) groups excluding carboxylic acids is 1. The summed E-state index contributed by atoms with van der Waals surface area (Å²) in [4.78, 5) is 17.8. The van der Waals surface area contributed by atoms with Gasteiger partial charge in [0.25, 0.3) is 0 Å². The lowest BCUT2D eigenvalue weighted by Gasteiger charge is -1.99. The van der Waals surface area contributed by atoms with Crippen LogP contribution in [0.4, 0.5) is 0 Å². The summed E-state index contributed by atoms with van der Waals surface area (Å²) in [7, 11) is 0. The molecule has 0 aliphatic carbocycles. The summed E-state index contributed by atoms with van der Waals surface area (Å²) < 4.78 is 2.90. The van der Waals surface area contributed by atoms with Gasteiger partial charge in [0, 0.05) is 10.9 Å². The first kappa shape index (κ1) is 13.4. The van der Waals surface area contributed by atoms with Crippen LogP contribution in [0.25, 0.3) is 25.9 Å². The zero-order valence-corrected chi connectivity index (χ0v) is 13.3. The van der Waals surface area contributed by atoms with Crippen molar-refractivity contribution in [3.05, 3.63) is 78.1 Å². The number of hydrogen-bond acceptors (Lipinski definition) is 4. The minimum absolute atomic E-state index is 0.153. The van der Waals surface area contributed by atoms with Gasteiger partial charge in [0.15, 0.2) is 0 Å². The number of thiazole rings is 1. The summed E-state index contributed by atoms with van der Waals surface area (Å²) in [6.45, 7) is 0. The summed E-state index contributed by atoms with van der Waals surface area (Å²) >= 11 is 1.55. The molecule has 0 saturated carbocycles. The number of hydrogen-bond donors (Lipinski definition) is 0. The molecule has 3 aromatic carbocycles. The van der Waals surface area contributed by atoms with Crippen LogP contribution in [-0.4, -0.2) is 20.4 Å². The Bertz CT molecular complexity index is 1220. The second-order valence-electron chi connectivity index (χ2n) is 5.56. The quantitative estimate of drug-likeness (QED) is 0.453. The highest BCUT2D eigenvalue weighted by Gasteiger charge is 2.18. The van der Waals surface area contributed by atoms with Crippen LogP contribution in [0.1, 0.15) is 16.2 Å². The molecular weight excluding hydrogens is 318 g/mol. The van der Waals surface area contributed by atoms with Crippen molar-refractivity contribution < 1.29 is 4.79 Å². The Morgan fingerprint density at radius 2 is 1.71 bits per heavy atom. The van der Waals surface area contributed by atoms with E-state index in [0.29, 0.717) is 5.56 Å². The fourth-order valence-corrected chi connectivity index (χ4v) is 3.94. The first-order chi connectivity index (χ1) is 11.8. The van der Waals surface area contributed by atoms with Gasteiger partial charge in [-0.2, -0.15) is 4.98 Å². The molecule has 0 bridgehead atoms. The summed E-state index contributed by atoms with van der Waals surface area (Å²) in [5.74, 6) is 0.0853. The smallest absolute Gasteiger partial charge is 0.232 e. The monoisotopic (exact) mass is 329 g/mol. The Morgan fingerprint density at radius 1 is 0.917 bits per heavy atom. The van der Waals surface area contributed by atoms with Crippen LogP contribution in [0.5, 0.6) is 0 Å². The van der Waals surface area contributed by atoms with Gasteiger partial charge in [-0.05, 0) is 11.5 Å². The lowest BCUT2D eigenvalue weighted by atomic mass is 10.1. The molecule has 4 nitrogen and oxygen atoms in total. The molecule has 5 rings (SSSR count). The van der Waals surface area contributed by atoms with E-state index in [-0.39, 0.29) is 11.6 Å². The zero-order chi connectivity index (χ0) is 16.1. The minimum atomic E-state index is -0.153. The number of carbonyl (C=O) groups is 1. The molecule has 2 heterocycles. The topological polar surface area (TPSA) is 47.3 Å². The first-order valence-electron chi connectivity index (χ1n) is 7.58. The van der Waals surface area contributed by atoms with E-state index in [1.807, 2.05) is 30.3 Å². The van der Waals surface area contributed by atoms with E-state index in [2.05, 4.69) is 34.3 Å². The van der Waals surface area contributed by atoms with Gasteiger partial charge in [0.2, 0.25) is 16.6 Å². The van der Waals surface area contributed by atoms with Crippen LogP contribution in [0.2, 0.25) is 0 Å². The van der Waals surface area contributed by atoms with E-state index >= 15 is 0 Å². The van der Waals surface area contributed by atoms with Gasteiger partial charge in [-0.25, -0.2) is 4.52 Å². The Balaban J connectivity index is 1.77. The molecule has 5 heteroatoms. The predicted octanol–water partition coefficient (Wildman–Crippen LogP) is 4.33. The van der Waals surface area contributed by atoms with Crippen LogP contribution in [0.15, 0.2) is 66.7 Å². The van der Waals surface area contributed by atoms with Crippen LogP contribution < -0.4 is 0 Å². The summed E-state index contributed by atoms with van der Waals surface area (Å²) in [5.41, 5.74) is 1.61. The van der Waals surface area contributed by atoms with Crippen molar-refractivity contribution >= 4 is 43.1 Å². The molecule has 0 saturated heterocycles.